The second-order valence-corrected chi connectivity index (χ2v) is 9.09. The van der Waals surface area contributed by atoms with Crippen LogP contribution in [0.4, 0.5) is 15.8 Å². The molecular weight excluding hydrogens is 439 g/mol. The van der Waals surface area contributed by atoms with E-state index in [1.165, 1.54) is 6.07 Å². The Morgan fingerprint density at radius 2 is 1.94 bits per heavy atom. The van der Waals surface area contributed by atoms with E-state index in [1.54, 1.807) is 38.5 Å². The Morgan fingerprint density at radius 1 is 1.12 bits per heavy atom. The molecule has 1 aliphatic heterocycles. The normalized spacial score (nSPS) is 13.3. The van der Waals surface area contributed by atoms with Crippen molar-refractivity contribution in [3.8, 4) is 17.2 Å². The molecular formula is C26H20ClFN4O. The Kier molecular flexibility index (Phi) is 5.04. The van der Waals surface area contributed by atoms with Crippen molar-refractivity contribution in [2.45, 2.75) is 25.9 Å². The van der Waals surface area contributed by atoms with E-state index < -0.39 is 11.4 Å². The highest BCUT2D eigenvalue weighted by Gasteiger charge is 2.26. The van der Waals surface area contributed by atoms with Crippen LogP contribution in [0.5, 0.6) is 0 Å². The number of nitriles is 1. The number of hydrogen-bond donors (Lipinski definition) is 1. The summed E-state index contributed by atoms with van der Waals surface area (Å²) in [6.07, 6.45) is 5.60. The van der Waals surface area contributed by atoms with Crippen LogP contribution in [0.2, 0.25) is 5.02 Å². The van der Waals surface area contributed by atoms with Crippen LogP contribution in [0.1, 0.15) is 30.5 Å². The number of aromatic nitrogens is 2. The molecule has 0 amide bonds. The highest BCUT2D eigenvalue weighted by atomic mass is 35.5. The molecule has 0 atom stereocenters. The Bertz CT molecular complexity index is 1460. The van der Waals surface area contributed by atoms with E-state index in [0.717, 1.165) is 39.0 Å². The lowest BCUT2D eigenvalue weighted by Crippen LogP contribution is -2.16. The van der Waals surface area contributed by atoms with Crippen LogP contribution in [0.25, 0.3) is 22.0 Å². The maximum absolute atomic E-state index is 14.0. The van der Waals surface area contributed by atoms with Gasteiger partial charge in [-0.2, -0.15) is 5.26 Å². The topological polar surface area (TPSA) is 73.0 Å². The third-order valence-electron chi connectivity index (χ3n) is 6.03. The molecule has 3 heterocycles. The minimum atomic E-state index is -1.02. The van der Waals surface area contributed by atoms with Gasteiger partial charge in [-0.1, -0.05) is 17.7 Å². The largest absolute Gasteiger partial charge is 0.386 e. The smallest absolute Gasteiger partial charge is 0.142 e. The van der Waals surface area contributed by atoms with Gasteiger partial charge in [0.05, 0.1) is 27.4 Å². The van der Waals surface area contributed by atoms with Crippen molar-refractivity contribution < 1.29 is 9.50 Å². The van der Waals surface area contributed by atoms with E-state index in [2.05, 4.69) is 16.0 Å². The lowest BCUT2D eigenvalue weighted by Gasteiger charge is -2.23. The van der Waals surface area contributed by atoms with Gasteiger partial charge < -0.3 is 10.0 Å². The molecule has 0 fully saturated rings. The quantitative estimate of drug-likeness (QED) is 0.415. The van der Waals surface area contributed by atoms with E-state index in [1.807, 2.05) is 29.2 Å². The molecule has 0 aliphatic carbocycles. The molecule has 4 aromatic rings. The number of anilines is 2. The molecule has 0 spiro atoms. The number of fused-ring (bicyclic) bond motifs is 2. The van der Waals surface area contributed by atoms with Gasteiger partial charge in [-0.3, -0.25) is 9.97 Å². The molecule has 164 valence electrons. The van der Waals surface area contributed by atoms with Gasteiger partial charge >= 0.3 is 0 Å². The highest BCUT2D eigenvalue weighted by Crippen LogP contribution is 2.42. The molecule has 1 N–H and O–H groups in total. The Labute approximate surface area is 195 Å². The van der Waals surface area contributed by atoms with Crippen molar-refractivity contribution in [1.82, 2.24) is 9.97 Å². The maximum Gasteiger partial charge on any atom is 0.142 e. The van der Waals surface area contributed by atoms with E-state index in [9.17, 15) is 14.8 Å². The van der Waals surface area contributed by atoms with Crippen LogP contribution < -0.4 is 4.90 Å². The van der Waals surface area contributed by atoms with E-state index >= 15 is 0 Å². The fraction of sp³-hybridized carbons (Fsp3) is 0.192. The third kappa shape index (κ3) is 3.70. The monoisotopic (exact) mass is 458 g/mol. The summed E-state index contributed by atoms with van der Waals surface area (Å²) in [6.45, 7) is 4.03. The first-order valence-corrected chi connectivity index (χ1v) is 10.9. The van der Waals surface area contributed by atoms with Crippen molar-refractivity contribution in [2.24, 2.45) is 0 Å². The van der Waals surface area contributed by atoms with Crippen LogP contribution in [-0.2, 0) is 12.0 Å². The Balaban J connectivity index is 1.71. The molecule has 1 aliphatic rings. The van der Waals surface area contributed by atoms with Gasteiger partial charge in [-0.15, -0.1) is 0 Å². The van der Waals surface area contributed by atoms with Gasteiger partial charge in [0.25, 0.3) is 0 Å². The SMILES string of the molecule is CC(C)(O)c1cncc(-c2ccc3ncc(C#N)c(N4CCc5cc(F)c(Cl)cc54)c3c2)c1. The van der Waals surface area contributed by atoms with Gasteiger partial charge in [-0.05, 0) is 61.7 Å². The molecule has 7 heteroatoms. The summed E-state index contributed by atoms with van der Waals surface area (Å²) in [5.74, 6) is -0.446. The van der Waals surface area contributed by atoms with Crippen molar-refractivity contribution in [3.05, 3.63) is 82.5 Å². The summed E-state index contributed by atoms with van der Waals surface area (Å²) in [4.78, 5) is 10.8. The Morgan fingerprint density at radius 3 is 2.70 bits per heavy atom. The van der Waals surface area contributed by atoms with Crippen LogP contribution in [0, 0.1) is 17.1 Å². The maximum atomic E-state index is 14.0. The number of rotatable bonds is 3. The van der Waals surface area contributed by atoms with E-state index in [-0.39, 0.29) is 5.02 Å². The number of nitrogens with zero attached hydrogens (tertiary/aromatic N) is 4. The van der Waals surface area contributed by atoms with E-state index in [0.29, 0.717) is 24.1 Å². The van der Waals surface area contributed by atoms with Gasteiger partial charge in [0.15, 0.2) is 0 Å². The fourth-order valence-electron chi connectivity index (χ4n) is 4.28. The minimum Gasteiger partial charge on any atom is -0.386 e. The van der Waals surface area contributed by atoms with Crippen LogP contribution in [0.15, 0.2) is 55.0 Å². The highest BCUT2D eigenvalue weighted by molar-refractivity contribution is 6.31. The summed E-state index contributed by atoms with van der Waals surface area (Å²) >= 11 is 6.09. The zero-order valence-electron chi connectivity index (χ0n) is 18.1. The summed E-state index contributed by atoms with van der Waals surface area (Å²) in [5, 5.41) is 21.1. The van der Waals surface area contributed by atoms with Crippen molar-refractivity contribution >= 4 is 33.9 Å². The predicted molar refractivity (Wildman–Crippen MR) is 127 cm³/mol. The lowest BCUT2D eigenvalue weighted by atomic mass is 9.96. The lowest BCUT2D eigenvalue weighted by molar-refractivity contribution is 0.0783. The van der Waals surface area contributed by atoms with Crippen LogP contribution in [0.3, 0.4) is 0 Å². The first kappa shape index (κ1) is 21.3. The van der Waals surface area contributed by atoms with Crippen molar-refractivity contribution in [3.63, 3.8) is 0 Å². The molecule has 2 aromatic heterocycles. The summed E-state index contributed by atoms with van der Waals surface area (Å²) in [7, 11) is 0. The number of pyridine rings is 2. The molecule has 2 aromatic carbocycles. The molecule has 0 saturated heterocycles. The Hall–Kier alpha value is -3.53. The number of benzene rings is 2. The van der Waals surface area contributed by atoms with Gasteiger partial charge in [-0.25, -0.2) is 4.39 Å². The number of halogens is 2. The standard InChI is InChI=1S/C26H20ClFN4O/c1-26(2,33)19-7-17(12-30-14-19)15-3-4-23-20(8-15)25(18(11-29)13-31-23)32-6-5-16-9-22(28)21(27)10-24(16)32/h3-4,7-10,12-14,33H,5-6H2,1-2H3. The molecule has 0 radical (unpaired) electrons. The number of aliphatic hydroxyl groups is 1. The van der Waals surface area contributed by atoms with Crippen molar-refractivity contribution in [2.75, 3.05) is 11.4 Å². The average molecular weight is 459 g/mol. The summed E-state index contributed by atoms with van der Waals surface area (Å²) in [5.41, 5.74) is 4.94. The van der Waals surface area contributed by atoms with Crippen LogP contribution >= 0.6 is 11.6 Å². The minimum absolute atomic E-state index is 0.0488. The molecule has 5 rings (SSSR count). The van der Waals surface area contributed by atoms with Gasteiger partial charge in [0.1, 0.15) is 11.9 Å². The summed E-state index contributed by atoms with van der Waals surface area (Å²) < 4.78 is 14.0. The molecule has 0 saturated carbocycles. The third-order valence-corrected chi connectivity index (χ3v) is 6.31. The molecule has 33 heavy (non-hydrogen) atoms. The zero-order chi connectivity index (χ0) is 23.3. The van der Waals surface area contributed by atoms with Crippen LogP contribution in [-0.4, -0.2) is 21.6 Å². The first-order valence-electron chi connectivity index (χ1n) is 10.5. The van der Waals surface area contributed by atoms with Gasteiger partial charge in [0, 0.05) is 47.3 Å². The second-order valence-electron chi connectivity index (χ2n) is 8.68. The zero-order valence-corrected chi connectivity index (χ0v) is 18.9. The first-order chi connectivity index (χ1) is 15.8. The summed E-state index contributed by atoms with van der Waals surface area (Å²) in [6, 6.07) is 13.1. The van der Waals surface area contributed by atoms with Crippen molar-refractivity contribution in [1.29, 1.82) is 5.26 Å². The number of hydrogen-bond acceptors (Lipinski definition) is 5. The van der Waals surface area contributed by atoms with E-state index in [4.69, 9.17) is 11.6 Å². The molecule has 5 nitrogen and oxygen atoms in total. The molecule has 0 bridgehead atoms. The fourth-order valence-corrected chi connectivity index (χ4v) is 4.44. The average Bonchev–Trinajstić information content (AvgIpc) is 3.19. The van der Waals surface area contributed by atoms with Gasteiger partial charge in [0.2, 0.25) is 0 Å². The second kappa shape index (κ2) is 7.80. The molecule has 0 unspecified atom stereocenters. The predicted octanol–water partition coefficient (Wildman–Crippen LogP) is 5.88.